The van der Waals surface area contributed by atoms with Gasteiger partial charge in [-0.05, 0) is 62.9 Å². The zero-order valence-electron chi connectivity index (χ0n) is 12.3. The van der Waals surface area contributed by atoms with Crippen LogP contribution in [0.15, 0.2) is 24.3 Å². The lowest BCUT2D eigenvalue weighted by atomic mass is 10.1. The second-order valence-corrected chi connectivity index (χ2v) is 5.68. The fourth-order valence-electron chi connectivity index (χ4n) is 2.75. The molecular weight excluding hydrogens is 232 g/mol. The van der Waals surface area contributed by atoms with E-state index in [0.29, 0.717) is 6.04 Å². The number of rotatable bonds is 6. The Hall–Kier alpha value is -1.02. The predicted octanol–water partition coefficient (Wildman–Crippen LogP) is 3.97. The maximum atomic E-state index is 3.68. The molecule has 1 fully saturated rings. The molecule has 2 heteroatoms. The SMILES string of the molecule is CCCCCc1ccc(NC2CCCNCC2)cc1. The molecule has 1 heterocycles. The molecule has 2 nitrogen and oxygen atoms in total. The minimum Gasteiger partial charge on any atom is -0.382 e. The Labute approximate surface area is 118 Å². The van der Waals surface area contributed by atoms with Crippen LogP contribution in [0.25, 0.3) is 0 Å². The number of nitrogens with one attached hydrogen (secondary N) is 2. The van der Waals surface area contributed by atoms with Crippen molar-refractivity contribution in [2.75, 3.05) is 18.4 Å². The largest absolute Gasteiger partial charge is 0.382 e. The van der Waals surface area contributed by atoms with Gasteiger partial charge in [-0.25, -0.2) is 0 Å². The van der Waals surface area contributed by atoms with Gasteiger partial charge in [0.05, 0.1) is 0 Å². The molecule has 1 aromatic carbocycles. The first-order valence-electron chi connectivity index (χ1n) is 7.94. The van der Waals surface area contributed by atoms with Crippen LogP contribution in [0.3, 0.4) is 0 Å². The van der Waals surface area contributed by atoms with Crippen molar-refractivity contribution < 1.29 is 0 Å². The third-order valence-electron chi connectivity index (χ3n) is 3.97. The third-order valence-corrected chi connectivity index (χ3v) is 3.97. The van der Waals surface area contributed by atoms with E-state index < -0.39 is 0 Å². The monoisotopic (exact) mass is 260 g/mol. The Bertz CT molecular complexity index is 337. The predicted molar refractivity (Wildman–Crippen MR) is 83.8 cm³/mol. The molecule has 1 unspecified atom stereocenters. The van der Waals surface area contributed by atoms with E-state index in [-0.39, 0.29) is 0 Å². The summed E-state index contributed by atoms with van der Waals surface area (Å²) in [6.07, 6.45) is 8.99. The van der Waals surface area contributed by atoms with Gasteiger partial charge in [-0.2, -0.15) is 0 Å². The highest BCUT2D eigenvalue weighted by Gasteiger charge is 2.11. The summed E-state index contributed by atoms with van der Waals surface area (Å²) in [4.78, 5) is 0. The molecule has 0 amide bonds. The lowest BCUT2D eigenvalue weighted by molar-refractivity contribution is 0.637. The minimum absolute atomic E-state index is 0.640. The van der Waals surface area contributed by atoms with E-state index >= 15 is 0 Å². The summed E-state index contributed by atoms with van der Waals surface area (Å²) in [7, 11) is 0. The van der Waals surface area contributed by atoms with Crippen LogP contribution >= 0.6 is 0 Å². The van der Waals surface area contributed by atoms with Gasteiger partial charge in [0.15, 0.2) is 0 Å². The Kier molecular flexibility index (Phi) is 6.22. The number of hydrogen-bond donors (Lipinski definition) is 2. The zero-order valence-corrected chi connectivity index (χ0v) is 12.3. The van der Waals surface area contributed by atoms with Crippen LogP contribution in [-0.2, 0) is 6.42 Å². The van der Waals surface area contributed by atoms with Crippen LogP contribution in [0.5, 0.6) is 0 Å². The molecule has 0 bridgehead atoms. The number of hydrogen-bond acceptors (Lipinski definition) is 2. The third kappa shape index (κ3) is 5.23. The van der Waals surface area contributed by atoms with Crippen molar-refractivity contribution in [1.29, 1.82) is 0 Å². The standard InChI is InChI=1S/C17H28N2/c1-2-3-4-6-15-8-10-17(11-9-15)19-16-7-5-13-18-14-12-16/h8-11,16,18-19H,2-7,12-14H2,1H3. The van der Waals surface area contributed by atoms with E-state index in [0.717, 1.165) is 6.54 Å². The molecule has 0 spiro atoms. The Balaban J connectivity index is 1.80. The normalized spacial score (nSPS) is 19.9. The summed E-state index contributed by atoms with van der Waals surface area (Å²) < 4.78 is 0. The molecule has 0 aromatic heterocycles. The summed E-state index contributed by atoms with van der Waals surface area (Å²) in [5.41, 5.74) is 2.76. The Morgan fingerprint density at radius 1 is 1.11 bits per heavy atom. The molecule has 1 saturated heterocycles. The molecular formula is C17H28N2. The zero-order chi connectivity index (χ0) is 13.3. The first-order chi connectivity index (χ1) is 9.38. The highest BCUT2D eigenvalue weighted by atomic mass is 14.9. The second-order valence-electron chi connectivity index (χ2n) is 5.68. The molecule has 2 N–H and O–H groups in total. The van der Waals surface area contributed by atoms with Gasteiger partial charge in [-0.15, -0.1) is 0 Å². The van der Waals surface area contributed by atoms with Crippen molar-refractivity contribution in [3.63, 3.8) is 0 Å². The maximum absolute atomic E-state index is 3.68. The molecule has 0 aliphatic carbocycles. The van der Waals surface area contributed by atoms with Gasteiger partial charge in [-0.3, -0.25) is 0 Å². The quantitative estimate of drug-likeness (QED) is 0.756. The summed E-state index contributed by atoms with van der Waals surface area (Å²) in [5, 5.41) is 7.14. The van der Waals surface area contributed by atoms with Crippen LogP contribution < -0.4 is 10.6 Å². The topological polar surface area (TPSA) is 24.1 Å². The van der Waals surface area contributed by atoms with Crippen LogP contribution in [0, 0.1) is 0 Å². The van der Waals surface area contributed by atoms with E-state index in [9.17, 15) is 0 Å². The summed E-state index contributed by atoms with van der Waals surface area (Å²) >= 11 is 0. The van der Waals surface area contributed by atoms with Crippen molar-refractivity contribution in [3.05, 3.63) is 29.8 Å². The van der Waals surface area contributed by atoms with Gasteiger partial charge >= 0.3 is 0 Å². The highest BCUT2D eigenvalue weighted by molar-refractivity contribution is 5.45. The van der Waals surface area contributed by atoms with Crippen molar-refractivity contribution in [1.82, 2.24) is 5.32 Å². The number of aryl methyl sites for hydroxylation is 1. The van der Waals surface area contributed by atoms with E-state index in [1.807, 2.05) is 0 Å². The lowest BCUT2D eigenvalue weighted by Gasteiger charge is -2.17. The van der Waals surface area contributed by atoms with Gasteiger partial charge in [-0.1, -0.05) is 31.9 Å². The van der Waals surface area contributed by atoms with Crippen molar-refractivity contribution >= 4 is 5.69 Å². The van der Waals surface area contributed by atoms with E-state index in [1.54, 1.807) is 0 Å². The minimum atomic E-state index is 0.640. The van der Waals surface area contributed by atoms with Gasteiger partial charge in [0.2, 0.25) is 0 Å². The maximum Gasteiger partial charge on any atom is 0.0342 e. The van der Waals surface area contributed by atoms with Crippen molar-refractivity contribution in [2.24, 2.45) is 0 Å². The first-order valence-corrected chi connectivity index (χ1v) is 7.94. The fraction of sp³-hybridized carbons (Fsp3) is 0.647. The molecule has 1 atom stereocenters. The molecule has 106 valence electrons. The van der Waals surface area contributed by atoms with E-state index in [1.165, 1.54) is 62.7 Å². The molecule has 1 aliphatic rings. The van der Waals surface area contributed by atoms with Crippen LogP contribution in [0.4, 0.5) is 5.69 Å². The lowest BCUT2D eigenvalue weighted by Crippen LogP contribution is -2.21. The van der Waals surface area contributed by atoms with Crippen LogP contribution in [-0.4, -0.2) is 19.1 Å². The Morgan fingerprint density at radius 2 is 1.95 bits per heavy atom. The van der Waals surface area contributed by atoms with Crippen molar-refractivity contribution in [2.45, 2.75) is 57.9 Å². The molecule has 2 rings (SSSR count). The van der Waals surface area contributed by atoms with Gasteiger partial charge in [0.1, 0.15) is 0 Å². The van der Waals surface area contributed by atoms with E-state index in [2.05, 4.69) is 41.8 Å². The molecule has 19 heavy (non-hydrogen) atoms. The number of unbranched alkanes of at least 4 members (excludes halogenated alkanes) is 2. The summed E-state index contributed by atoms with van der Waals surface area (Å²) in [5.74, 6) is 0. The average molecular weight is 260 g/mol. The second kappa shape index (κ2) is 8.21. The molecule has 0 radical (unpaired) electrons. The fourth-order valence-corrected chi connectivity index (χ4v) is 2.75. The van der Waals surface area contributed by atoms with Crippen molar-refractivity contribution in [3.8, 4) is 0 Å². The smallest absolute Gasteiger partial charge is 0.0342 e. The highest BCUT2D eigenvalue weighted by Crippen LogP contribution is 2.16. The number of benzene rings is 1. The van der Waals surface area contributed by atoms with Gasteiger partial charge in [0.25, 0.3) is 0 Å². The van der Waals surface area contributed by atoms with Gasteiger partial charge in [0, 0.05) is 11.7 Å². The molecule has 1 aliphatic heterocycles. The summed E-state index contributed by atoms with van der Waals surface area (Å²) in [6.45, 7) is 4.58. The Morgan fingerprint density at radius 3 is 2.74 bits per heavy atom. The molecule has 1 aromatic rings. The van der Waals surface area contributed by atoms with Gasteiger partial charge < -0.3 is 10.6 Å². The molecule has 0 saturated carbocycles. The summed E-state index contributed by atoms with van der Waals surface area (Å²) in [6, 6.07) is 9.71. The van der Waals surface area contributed by atoms with Crippen LogP contribution in [0.2, 0.25) is 0 Å². The number of anilines is 1. The average Bonchev–Trinajstić information content (AvgIpc) is 2.70. The first kappa shape index (κ1) is 14.4. The van der Waals surface area contributed by atoms with E-state index in [4.69, 9.17) is 0 Å². The van der Waals surface area contributed by atoms with Crippen LogP contribution in [0.1, 0.15) is 51.0 Å².